The fourth-order valence-corrected chi connectivity index (χ4v) is 3.30. The predicted octanol–water partition coefficient (Wildman–Crippen LogP) is 2.61. The Balaban J connectivity index is 1.45. The fourth-order valence-electron chi connectivity index (χ4n) is 3.30. The smallest absolute Gasteiger partial charge is 0.309 e. The van der Waals surface area contributed by atoms with E-state index in [0.717, 1.165) is 37.8 Å². The van der Waals surface area contributed by atoms with Crippen molar-refractivity contribution >= 4 is 11.9 Å². The largest absolute Gasteiger partial charge is 0.464 e. The molecular formula is C19H22N2O3. The van der Waals surface area contributed by atoms with Crippen LogP contribution in [0.25, 0.3) is 0 Å². The number of benzene rings is 1. The molecule has 1 aliphatic heterocycles. The molecule has 1 aliphatic carbocycles. The molecule has 1 saturated heterocycles. The number of amides is 1. The molecule has 2 aliphatic rings. The summed E-state index contributed by atoms with van der Waals surface area (Å²) in [6, 6.07) is 9.52. The number of likely N-dealkylation sites (tertiary alicyclic amines) is 1. The van der Waals surface area contributed by atoms with Crippen LogP contribution in [0.1, 0.15) is 49.1 Å². The standard InChI is InChI=1S/C19H22N2O3/c20-13-14-5-4-6-15(11-14)16-12-17(16)19(23)24-10-9-21-8-3-1-2-7-18(21)22/h4-6,11,16-17H,1-3,7-10,12H2/t16-,17-/m1/s1. The van der Waals surface area contributed by atoms with Crippen LogP contribution in [-0.4, -0.2) is 36.5 Å². The third-order valence-corrected chi connectivity index (χ3v) is 4.81. The summed E-state index contributed by atoms with van der Waals surface area (Å²) in [7, 11) is 0. The van der Waals surface area contributed by atoms with Gasteiger partial charge in [0.25, 0.3) is 0 Å². The van der Waals surface area contributed by atoms with Crippen LogP contribution in [0.15, 0.2) is 24.3 Å². The fraction of sp³-hybridized carbons (Fsp3) is 0.526. The number of esters is 1. The normalized spacial score (nSPS) is 23.3. The van der Waals surface area contributed by atoms with Crippen molar-refractivity contribution in [3.8, 4) is 6.07 Å². The number of hydrogen-bond acceptors (Lipinski definition) is 4. The molecule has 0 N–H and O–H groups in total. The van der Waals surface area contributed by atoms with E-state index in [2.05, 4.69) is 6.07 Å². The molecule has 5 nitrogen and oxygen atoms in total. The SMILES string of the molecule is N#Cc1cccc([C@H]2C[C@H]2C(=O)OCCN2CCCCCC2=O)c1. The van der Waals surface area contributed by atoms with Crippen molar-refractivity contribution in [2.75, 3.05) is 19.7 Å². The molecule has 3 rings (SSSR count). The summed E-state index contributed by atoms with van der Waals surface area (Å²) in [4.78, 5) is 25.8. The van der Waals surface area contributed by atoms with E-state index in [9.17, 15) is 9.59 Å². The first kappa shape index (κ1) is 16.5. The van der Waals surface area contributed by atoms with Crippen molar-refractivity contribution in [3.05, 3.63) is 35.4 Å². The number of ether oxygens (including phenoxy) is 1. The lowest BCUT2D eigenvalue weighted by atomic mass is 10.1. The predicted molar refractivity (Wildman–Crippen MR) is 88.0 cm³/mol. The van der Waals surface area contributed by atoms with E-state index in [1.807, 2.05) is 18.2 Å². The van der Waals surface area contributed by atoms with Gasteiger partial charge in [0, 0.05) is 13.0 Å². The molecule has 0 aromatic heterocycles. The molecule has 1 aromatic rings. The molecule has 24 heavy (non-hydrogen) atoms. The van der Waals surface area contributed by atoms with Gasteiger partial charge in [-0.3, -0.25) is 9.59 Å². The van der Waals surface area contributed by atoms with Crippen molar-refractivity contribution < 1.29 is 14.3 Å². The molecular weight excluding hydrogens is 304 g/mol. The molecule has 1 saturated carbocycles. The van der Waals surface area contributed by atoms with Gasteiger partial charge in [-0.25, -0.2) is 0 Å². The molecule has 2 atom stereocenters. The highest BCUT2D eigenvalue weighted by Crippen LogP contribution is 2.48. The van der Waals surface area contributed by atoms with Gasteiger partial charge in [-0.1, -0.05) is 18.6 Å². The van der Waals surface area contributed by atoms with Gasteiger partial charge < -0.3 is 9.64 Å². The minimum Gasteiger partial charge on any atom is -0.464 e. The maximum atomic E-state index is 12.1. The minimum absolute atomic E-state index is 0.112. The first-order chi connectivity index (χ1) is 11.7. The van der Waals surface area contributed by atoms with Gasteiger partial charge >= 0.3 is 5.97 Å². The highest BCUT2D eigenvalue weighted by Gasteiger charge is 2.45. The first-order valence-electron chi connectivity index (χ1n) is 8.63. The van der Waals surface area contributed by atoms with E-state index in [0.29, 0.717) is 18.5 Å². The molecule has 5 heteroatoms. The van der Waals surface area contributed by atoms with E-state index < -0.39 is 0 Å². The van der Waals surface area contributed by atoms with E-state index in [4.69, 9.17) is 10.00 Å². The lowest BCUT2D eigenvalue weighted by molar-refractivity contribution is -0.147. The Kier molecular flexibility index (Phi) is 5.14. The topological polar surface area (TPSA) is 70.4 Å². The molecule has 1 heterocycles. The molecule has 0 unspecified atom stereocenters. The number of nitrogens with zero attached hydrogens (tertiary/aromatic N) is 2. The lowest BCUT2D eigenvalue weighted by Gasteiger charge is -2.20. The number of carbonyl (C=O) groups is 2. The Hall–Kier alpha value is -2.35. The molecule has 0 bridgehead atoms. The van der Waals surface area contributed by atoms with Crippen molar-refractivity contribution in [2.45, 2.75) is 38.0 Å². The Labute approximate surface area is 142 Å². The van der Waals surface area contributed by atoms with Crippen LogP contribution in [-0.2, 0) is 14.3 Å². The van der Waals surface area contributed by atoms with Gasteiger partial charge in [0.05, 0.1) is 24.1 Å². The van der Waals surface area contributed by atoms with Gasteiger partial charge in [-0.05, 0) is 42.9 Å². The zero-order valence-electron chi connectivity index (χ0n) is 13.7. The Morgan fingerprint density at radius 1 is 1.33 bits per heavy atom. The summed E-state index contributed by atoms with van der Waals surface area (Å²) in [6.07, 6.45) is 4.46. The van der Waals surface area contributed by atoms with Crippen molar-refractivity contribution in [1.29, 1.82) is 5.26 Å². The number of carbonyl (C=O) groups excluding carboxylic acids is 2. The van der Waals surface area contributed by atoms with E-state index in [1.165, 1.54) is 0 Å². The van der Waals surface area contributed by atoms with E-state index in [-0.39, 0.29) is 30.3 Å². The molecule has 1 amide bonds. The second-order valence-corrected chi connectivity index (χ2v) is 6.54. The van der Waals surface area contributed by atoms with Crippen LogP contribution in [0.5, 0.6) is 0 Å². The Bertz CT molecular complexity index is 665. The first-order valence-corrected chi connectivity index (χ1v) is 8.63. The lowest BCUT2D eigenvalue weighted by Crippen LogP contribution is -2.34. The molecule has 1 aromatic carbocycles. The maximum Gasteiger partial charge on any atom is 0.309 e. The van der Waals surface area contributed by atoms with Crippen LogP contribution < -0.4 is 0 Å². The number of nitriles is 1. The summed E-state index contributed by atoms with van der Waals surface area (Å²) >= 11 is 0. The van der Waals surface area contributed by atoms with Gasteiger partial charge in [-0.15, -0.1) is 0 Å². The number of rotatable bonds is 5. The third-order valence-electron chi connectivity index (χ3n) is 4.81. The summed E-state index contributed by atoms with van der Waals surface area (Å²) in [5, 5.41) is 8.95. The van der Waals surface area contributed by atoms with Crippen molar-refractivity contribution in [3.63, 3.8) is 0 Å². The van der Waals surface area contributed by atoms with Crippen molar-refractivity contribution in [2.24, 2.45) is 5.92 Å². The highest BCUT2D eigenvalue weighted by atomic mass is 16.5. The zero-order chi connectivity index (χ0) is 16.9. The molecule has 126 valence electrons. The second kappa shape index (κ2) is 7.48. The van der Waals surface area contributed by atoms with Crippen LogP contribution >= 0.6 is 0 Å². The zero-order valence-corrected chi connectivity index (χ0v) is 13.7. The van der Waals surface area contributed by atoms with Crippen LogP contribution in [0.2, 0.25) is 0 Å². The van der Waals surface area contributed by atoms with Gasteiger partial charge in [-0.2, -0.15) is 5.26 Å². The molecule has 0 radical (unpaired) electrons. The highest BCUT2D eigenvalue weighted by molar-refractivity contribution is 5.78. The average molecular weight is 326 g/mol. The number of hydrogen-bond donors (Lipinski definition) is 0. The average Bonchev–Trinajstić information content (AvgIpc) is 3.41. The minimum atomic E-state index is -0.190. The summed E-state index contributed by atoms with van der Waals surface area (Å²) in [6.45, 7) is 1.53. The van der Waals surface area contributed by atoms with E-state index >= 15 is 0 Å². The third kappa shape index (κ3) is 3.94. The van der Waals surface area contributed by atoms with Gasteiger partial charge in [0.1, 0.15) is 6.61 Å². The van der Waals surface area contributed by atoms with Crippen LogP contribution in [0.3, 0.4) is 0 Å². The van der Waals surface area contributed by atoms with Crippen molar-refractivity contribution in [1.82, 2.24) is 4.90 Å². The monoisotopic (exact) mass is 326 g/mol. The van der Waals surface area contributed by atoms with Gasteiger partial charge in [0.2, 0.25) is 5.91 Å². The van der Waals surface area contributed by atoms with Gasteiger partial charge in [0.15, 0.2) is 0 Å². The Morgan fingerprint density at radius 2 is 2.21 bits per heavy atom. The summed E-state index contributed by atoms with van der Waals surface area (Å²) < 4.78 is 5.37. The van der Waals surface area contributed by atoms with Crippen LogP contribution in [0, 0.1) is 17.2 Å². The Morgan fingerprint density at radius 3 is 3.04 bits per heavy atom. The summed E-state index contributed by atoms with van der Waals surface area (Å²) in [5.74, 6) is 0.0233. The van der Waals surface area contributed by atoms with E-state index in [1.54, 1.807) is 11.0 Å². The van der Waals surface area contributed by atoms with Crippen LogP contribution in [0.4, 0.5) is 0 Å². The molecule has 2 fully saturated rings. The maximum absolute atomic E-state index is 12.1. The summed E-state index contributed by atoms with van der Waals surface area (Å²) in [5.41, 5.74) is 1.64. The quantitative estimate of drug-likeness (QED) is 0.780. The second-order valence-electron chi connectivity index (χ2n) is 6.54. The molecule has 0 spiro atoms.